The molecule has 1 saturated heterocycles. The summed E-state index contributed by atoms with van der Waals surface area (Å²) in [5, 5.41) is 32.7. The van der Waals surface area contributed by atoms with Crippen molar-refractivity contribution in [2.24, 2.45) is 28.6 Å². The molecule has 6 aliphatic rings. The first-order valence-electron chi connectivity index (χ1n) is 16.7. The highest BCUT2D eigenvalue weighted by Gasteiger charge is 2.75. The molecular weight excluding hydrogens is 582 g/mol. The molecule has 0 bridgehead atoms. The number of nitrogens with two attached hydrogens (primary N) is 1. The Balaban J connectivity index is 1.05. The van der Waals surface area contributed by atoms with Crippen molar-refractivity contribution < 1.29 is 34.4 Å². The molecule has 242 valence electrons. The van der Waals surface area contributed by atoms with Crippen LogP contribution in [0.4, 0.5) is 5.69 Å². The van der Waals surface area contributed by atoms with Gasteiger partial charge < -0.3 is 30.5 Å². The second kappa shape index (κ2) is 10.2. The molecule has 2 aromatic carbocycles. The lowest BCUT2D eigenvalue weighted by Crippen LogP contribution is -2.63. The van der Waals surface area contributed by atoms with Gasteiger partial charge in [-0.2, -0.15) is 0 Å². The fourth-order valence-corrected chi connectivity index (χ4v) is 10.4. The first kappa shape index (κ1) is 30.2. The van der Waals surface area contributed by atoms with Crippen molar-refractivity contribution in [2.45, 2.75) is 88.5 Å². The van der Waals surface area contributed by atoms with E-state index in [4.69, 9.17) is 15.2 Å². The van der Waals surface area contributed by atoms with E-state index in [0.717, 1.165) is 53.5 Å². The van der Waals surface area contributed by atoms with Crippen LogP contribution in [0.1, 0.15) is 80.9 Å². The van der Waals surface area contributed by atoms with Gasteiger partial charge in [0, 0.05) is 33.6 Å². The molecule has 8 rings (SSSR count). The van der Waals surface area contributed by atoms with Crippen molar-refractivity contribution in [1.29, 1.82) is 0 Å². The normalized spacial score (nSPS) is 40.0. The summed E-state index contributed by atoms with van der Waals surface area (Å²) in [6.45, 7) is 3.52. The van der Waals surface area contributed by atoms with Crippen LogP contribution in [-0.4, -0.2) is 51.3 Å². The molecule has 0 radical (unpaired) electrons. The number of ketones is 2. The molecule has 8 heteroatoms. The number of anilines is 1. The van der Waals surface area contributed by atoms with E-state index < -0.39 is 52.9 Å². The molecule has 9 atom stereocenters. The Kier molecular flexibility index (Phi) is 6.68. The fraction of sp³-hybridized carbons (Fsp3) is 0.526. The second-order valence-electron chi connectivity index (χ2n) is 15.2. The zero-order chi connectivity index (χ0) is 32.2. The summed E-state index contributed by atoms with van der Waals surface area (Å²) < 4.78 is 13.3. The number of rotatable bonds is 6. The average molecular weight is 626 g/mol. The van der Waals surface area contributed by atoms with Gasteiger partial charge >= 0.3 is 0 Å². The van der Waals surface area contributed by atoms with Crippen molar-refractivity contribution in [3.05, 3.63) is 88.5 Å². The van der Waals surface area contributed by atoms with E-state index in [1.165, 1.54) is 0 Å². The maximum absolute atomic E-state index is 13.8. The number of aliphatic hydroxyl groups excluding tert-OH is 2. The number of Topliss-reactive ketones (excluding diaryl/α,β-unsaturated/α-hetero) is 1. The number of allylic oxidation sites excluding steroid dienone is 4. The van der Waals surface area contributed by atoms with E-state index in [0.29, 0.717) is 24.9 Å². The molecule has 1 heterocycles. The molecule has 5 aliphatic carbocycles. The van der Waals surface area contributed by atoms with Crippen LogP contribution in [-0.2, 0) is 31.1 Å². The van der Waals surface area contributed by atoms with Gasteiger partial charge in [-0.15, -0.1) is 0 Å². The maximum Gasteiger partial charge on any atom is 0.193 e. The lowest BCUT2D eigenvalue weighted by Gasteiger charge is -2.59. The summed E-state index contributed by atoms with van der Waals surface area (Å²) in [6, 6.07) is 13.8. The summed E-state index contributed by atoms with van der Waals surface area (Å²) in [7, 11) is 0. The third-order valence-electron chi connectivity index (χ3n) is 12.8. The van der Waals surface area contributed by atoms with Crippen LogP contribution >= 0.6 is 0 Å². The van der Waals surface area contributed by atoms with E-state index in [9.17, 15) is 24.9 Å². The Hall–Kier alpha value is -3.14. The molecule has 46 heavy (non-hydrogen) atoms. The van der Waals surface area contributed by atoms with Crippen LogP contribution in [0.2, 0.25) is 0 Å². The van der Waals surface area contributed by atoms with Gasteiger partial charge in [-0.3, -0.25) is 9.59 Å². The summed E-state index contributed by atoms with van der Waals surface area (Å²) in [6.07, 6.45) is 7.98. The highest BCUT2D eigenvalue weighted by Crippen LogP contribution is 2.70. The number of carbonyl (C=O) groups excluding carboxylic acids is 2. The smallest absolute Gasteiger partial charge is 0.193 e. The molecule has 1 aliphatic heterocycles. The quantitative estimate of drug-likeness (QED) is 0.346. The Bertz CT molecular complexity index is 1680. The fourth-order valence-electron chi connectivity index (χ4n) is 10.4. The SMILES string of the molecule is C[C@]12C=CC(=O)C=C1CC[C@@H]1[C@@H]2[C@@H](O)C[C@@]2(C)[C@H]1C[C@H]1O[C@@H](c3ccc(Cc4ccc(N)c(C5(O)CC5)c4)cc3)O[C@]12C(=O)CO. The molecule has 0 spiro atoms. The number of hydrogen-bond acceptors (Lipinski definition) is 8. The minimum Gasteiger partial charge on any atom is -0.398 e. The number of benzene rings is 2. The molecule has 0 aromatic heterocycles. The third kappa shape index (κ3) is 4.16. The predicted octanol–water partition coefficient (Wildman–Crippen LogP) is 4.44. The van der Waals surface area contributed by atoms with E-state index in [-0.39, 0.29) is 23.5 Å². The van der Waals surface area contributed by atoms with Gasteiger partial charge in [0.1, 0.15) is 6.61 Å². The number of carbonyl (C=O) groups is 2. The molecular formula is C38H43NO7. The number of aliphatic hydroxyl groups is 3. The predicted molar refractivity (Wildman–Crippen MR) is 170 cm³/mol. The molecule has 5 N–H and O–H groups in total. The molecule has 0 unspecified atom stereocenters. The topological polar surface area (TPSA) is 139 Å². The molecule has 8 nitrogen and oxygen atoms in total. The first-order valence-corrected chi connectivity index (χ1v) is 16.7. The van der Waals surface area contributed by atoms with Gasteiger partial charge in [0.15, 0.2) is 23.5 Å². The molecule has 0 amide bonds. The first-order chi connectivity index (χ1) is 21.9. The zero-order valence-electron chi connectivity index (χ0n) is 26.4. The van der Waals surface area contributed by atoms with Crippen LogP contribution < -0.4 is 5.73 Å². The highest BCUT2D eigenvalue weighted by atomic mass is 16.7. The van der Waals surface area contributed by atoms with Gasteiger partial charge in [0.2, 0.25) is 0 Å². The number of hydrogen-bond donors (Lipinski definition) is 4. The average Bonchev–Trinajstić information content (AvgIpc) is 3.57. The molecule has 2 aromatic rings. The summed E-state index contributed by atoms with van der Waals surface area (Å²) >= 11 is 0. The molecule has 4 saturated carbocycles. The van der Waals surface area contributed by atoms with E-state index in [2.05, 4.69) is 6.92 Å². The van der Waals surface area contributed by atoms with Crippen LogP contribution in [0.25, 0.3) is 0 Å². The van der Waals surface area contributed by atoms with Crippen LogP contribution in [0.15, 0.2) is 66.3 Å². The van der Waals surface area contributed by atoms with E-state index >= 15 is 0 Å². The summed E-state index contributed by atoms with van der Waals surface area (Å²) in [5.74, 6) is -0.315. The Labute approximate surface area is 269 Å². The van der Waals surface area contributed by atoms with Crippen molar-refractivity contribution in [3.8, 4) is 0 Å². The number of nitrogen functional groups attached to an aromatic ring is 1. The minimum absolute atomic E-state index is 0.00240. The van der Waals surface area contributed by atoms with Gasteiger partial charge in [-0.05, 0) is 86.1 Å². The monoisotopic (exact) mass is 625 g/mol. The van der Waals surface area contributed by atoms with Gasteiger partial charge in [-0.1, -0.05) is 61.9 Å². The standard InChI is InChI=1S/C38H43NO7/c1-35-12-11-25(41)17-24(35)8-9-26-27-18-32-38(31(43)20-40,36(27,2)19-30(42)33(26)35)46-34(45-32)23-6-3-21(4-7-23)15-22-5-10-29(39)28(16-22)37(44)13-14-37/h3-7,10-12,16-17,26-27,30,32-34,40,42,44H,8-9,13-15,18-20,39H2,1-2H3/t26-,27-,30-,32+,33+,34+,35-,36-,38+/m0/s1. The van der Waals surface area contributed by atoms with Gasteiger partial charge in [0.05, 0.1) is 17.8 Å². The lowest BCUT2D eigenvalue weighted by atomic mass is 9.46. The minimum atomic E-state index is -1.37. The lowest BCUT2D eigenvalue weighted by molar-refractivity contribution is -0.201. The van der Waals surface area contributed by atoms with E-state index in [1.54, 1.807) is 12.2 Å². The zero-order valence-corrected chi connectivity index (χ0v) is 26.4. The van der Waals surface area contributed by atoms with Gasteiger partial charge in [0.25, 0.3) is 0 Å². The highest BCUT2D eigenvalue weighted by molar-refractivity contribution is 6.01. The Morgan fingerprint density at radius 1 is 1.09 bits per heavy atom. The van der Waals surface area contributed by atoms with Crippen LogP contribution in [0, 0.1) is 28.6 Å². The summed E-state index contributed by atoms with van der Waals surface area (Å²) in [4.78, 5) is 26.0. The Morgan fingerprint density at radius 3 is 2.54 bits per heavy atom. The largest absolute Gasteiger partial charge is 0.398 e. The number of fused-ring (bicyclic) bond motifs is 7. The Morgan fingerprint density at radius 2 is 1.83 bits per heavy atom. The van der Waals surface area contributed by atoms with E-state index in [1.807, 2.05) is 55.5 Å². The summed E-state index contributed by atoms with van der Waals surface area (Å²) in [5.41, 5.74) is 8.25. The molecule has 5 fully saturated rings. The van der Waals surface area contributed by atoms with Crippen molar-refractivity contribution >= 4 is 17.3 Å². The second-order valence-corrected chi connectivity index (χ2v) is 15.2. The number of ether oxygens (including phenoxy) is 2. The van der Waals surface area contributed by atoms with Crippen molar-refractivity contribution in [3.63, 3.8) is 0 Å². The van der Waals surface area contributed by atoms with Crippen molar-refractivity contribution in [2.75, 3.05) is 12.3 Å². The van der Waals surface area contributed by atoms with Crippen molar-refractivity contribution in [1.82, 2.24) is 0 Å². The van der Waals surface area contributed by atoms with Gasteiger partial charge in [-0.25, -0.2) is 0 Å². The maximum atomic E-state index is 13.8. The third-order valence-corrected chi connectivity index (χ3v) is 12.8. The van der Waals surface area contributed by atoms with Crippen LogP contribution in [0.5, 0.6) is 0 Å². The van der Waals surface area contributed by atoms with Crippen LogP contribution in [0.3, 0.4) is 0 Å².